The molecular weight excluding hydrogens is 391 g/mol. The Morgan fingerprint density at radius 1 is 1.37 bits per heavy atom. The van der Waals surface area contributed by atoms with Crippen molar-refractivity contribution in [1.29, 1.82) is 0 Å². The van der Waals surface area contributed by atoms with Gasteiger partial charge in [-0.15, -0.1) is 11.8 Å². The van der Waals surface area contributed by atoms with Gasteiger partial charge in [0, 0.05) is 12.6 Å². The van der Waals surface area contributed by atoms with Crippen LogP contribution in [0.4, 0.5) is 10.2 Å². The van der Waals surface area contributed by atoms with Gasteiger partial charge in [0.15, 0.2) is 10.6 Å². The number of benzene rings is 1. The van der Waals surface area contributed by atoms with Crippen LogP contribution in [0.1, 0.15) is 12.7 Å². The van der Waals surface area contributed by atoms with Crippen LogP contribution in [0.25, 0.3) is 10.2 Å². The molecule has 0 saturated heterocycles. The van der Waals surface area contributed by atoms with Crippen LogP contribution in [0.15, 0.2) is 33.8 Å². The molecule has 0 atom stereocenters. The van der Waals surface area contributed by atoms with Gasteiger partial charge in [-0.05, 0) is 32.0 Å². The van der Waals surface area contributed by atoms with E-state index in [-0.39, 0.29) is 29.1 Å². The average Bonchev–Trinajstić information content (AvgIpc) is 3.16. The second-order valence-electron chi connectivity index (χ2n) is 5.61. The van der Waals surface area contributed by atoms with Crippen molar-refractivity contribution >= 4 is 50.9 Å². The summed E-state index contributed by atoms with van der Waals surface area (Å²) in [5.41, 5.74) is 0.838. The molecule has 0 fully saturated rings. The number of fused-ring (bicyclic) bond motifs is 1. The number of hydrogen-bond acceptors (Lipinski definition) is 6. The van der Waals surface area contributed by atoms with Crippen LogP contribution in [-0.2, 0) is 16.1 Å². The van der Waals surface area contributed by atoms with Crippen LogP contribution in [0.2, 0.25) is 0 Å². The van der Waals surface area contributed by atoms with E-state index < -0.39 is 0 Å². The predicted octanol–water partition coefficient (Wildman–Crippen LogP) is 2.96. The summed E-state index contributed by atoms with van der Waals surface area (Å²) in [5, 5.41) is 6.25. The molecule has 3 aromatic rings. The number of amides is 2. The number of nitrogens with zero attached hydrogens (tertiary/aromatic N) is 3. The lowest BCUT2D eigenvalue weighted by molar-refractivity contribution is -0.115. The molecule has 3 rings (SSSR count). The lowest BCUT2D eigenvalue weighted by Crippen LogP contribution is -2.18. The van der Waals surface area contributed by atoms with E-state index in [1.54, 1.807) is 19.1 Å². The third kappa shape index (κ3) is 4.83. The molecule has 0 unspecified atom stereocenters. The first-order valence-electron chi connectivity index (χ1n) is 8.13. The summed E-state index contributed by atoms with van der Waals surface area (Å²) >= 11 is 2.42. The second kappa shape index (κ2) is 8.49. The Labute approximate surface area is 162 Å². The molecule has 0 saturated carbocycles. The Morgan fingerprint density at radius 2 is 2.19 bits per heavy atom. The zero-order valence-electron chi connectivity index (χ0n) is 14.7. The van der Waals surface area contributed by atoms with Crippen LogP contribution in [0.3, 0.4) is 0 Å². The van der Waals surface area contributed by atoms with Gasteiger partial charge < -0.3 is 14.4 Å². The van der Waals surface area contributed by atoms with Crippen molar-refractivity contribution in [2.75, 3.05) is 16.8 Å². The molecule has 10 heteroatoms. The van der Waals surface area contributed by atoms with Gasteiger partial charge in [0.1, 0.15) is 11.6 Å². The van der Waals surface area contributed by atoms with Crippen molar-refractivity contribution in [3.63, 3.8) is 0 Å². The maximum absolute atomic E-state index is 13.4. The molecule has 0 aliphatic heterocycles. The normalized spacial score (nSPS) is 11.9. The molecule has 2 amide bonds. The van der Waals surface area contributed by atoms with Crippen LogP contribution in [0, 0.1) is 12.7 Å². The Morgan fingerprint density at radius 3 is 2.89 bits per heavy atom. The van der Waals surface area contributed by atoms with E-state index in [0.717, 1.165) is 22.0 Å². The zero-order valence-corrected chi connectivity index (χ0v) is 16.3. The third-order valence-corrected chi connectivity index (χ3v) is 5.49. The van der Waals surface area contributed by atoms with Gasteiger partial charge in [-0.2, -0.15) is 4.99 Å². The number of carbonyl (C=O) groups is 2. The first kappa shape index (κ1) is 19.3. The van der Waals surface area contributed by atoms with E-state index in [2.05, 4.69) is 15.5 Å². The molecular formula is C17H17FN4O3S2. The Balaban J connectivity index is 1.61. The largest absolute Gasteiger partial charge is 0.360 e. The highest BCUT2D eigenvalue weighted by atomic mass is 32.2. The summed E-state index contributed by atoms with van der Waals surface area (Å²) in [7, 11) is 0. The van der Waals surface area contributed by atoms with Crippen LogP contribution >= 0.6 is 23.1 Å². The van der Waals surface area contributed by atoms with Gasteiger partial charge in [0.2, 0.25) is 5.91 Å². The summed E-state index contributed by atoms with van der Waals surface area (Å²) in [6.45, 7) is 4.27. The SMILES string of the molecule is CCn1c(=NC(=O)CSCC(=O)Nc2cc(C)on2)sc2cc(F)ccc21. The fraction of sp³-hybridized carbons (Fsp3) is 0.294. The molecule has 1 N–H and O–H groups in total. The number of thioether (sulfide) groups is 1. The van der Waals surface area contributed by atoms with Gasteiger partial charge in [-0.1, -0.05) is 16.5 Å². The lowest BCUT2D eigenvalue weighted by atomic mass is 10.3. The minimum Gasteiger partial charge on any atom is -0.360 e. The predicted molar refractivity (Wildman–Crippen MR) is 103 cm³/mol. The van der Waals surface area contributed by atoms with E-state index in [1.807, 2.05) is 11.5 Å². The van der Waals surface area contributed by atoms with E-state index in [0.29, 0.717) is 22.9 Å². The topological polar surface area (TPSA) is 89.5 Å². The number of hydrogen-bond donors (Lipinski definition) is 1. The molecule has 0 aliphatic carbocycles. The maximum atomic E-state index is 13.4. The summed E-state index contributed by atoms with van der Waals surface area (Å²) in [6.07, 6.45) is 0. The summed E-state index contributed by atoms with van der Waals surface area (Å²) < 4.78 is 20.9. The number of carbonyl (C=O) groups excluding carboxylic acids is 2. The van der Waals surface area contributed by atoms with Crippen molar-refractivity contribution in [2.45, 2.75) is 20.4 Å². The van der Waals surface area contributed by atoms with E-state index >= 15 is 0 Å². The summed E-state index contributed by atoms with van der Waals surface area (Å²) in [4.78, 5) is 28.6. The standard InChI is InChI=1S/C17H17FN4O3S2/c1-3-22-12-5-4-11(18)7-13(12)27-17(22)20-16(24)9-26-8-15(23)19-14-6-10(2)25-21-14/h4-7H,3,8-9H2,1-2H3,(H,19,21,23). The van der Waals surface area contributed by atoms with E-state index in [4.69, 9.17) is 4.52 Å². The molecule has 0 aliphatic rings. The molecule has 0 bridgehead atoms. The molecule has 2 heterocycles. The smallest absolute Gasteiger partial charge is 0.258 e. The fourth-order valence-electron chi connectivity index (χ4n) is 2.41. The number of halogens is 1. The second-order valence-corrected chi connectivity index (χ2v) is 7.60. The number of aromatic nitrogens is 2. The highest BCUT2D eigenvalue weighted by Gasteiger charge is 2.10. The fourth-order valence-corrected chi connectivity index (χ4v) is 4.15. The molecule has 0 radical (unpaired) electrons. The molecule has 7 nitrogen and oxygen atoms in total. The Kier molecular flexibility index (Phi) is 6.07. The van der Waals surface area contributed by atoms with Gasteiger partial charge in [-0.3, -0.25) is 9.59 Å². The van der Waals surface area contributed by atoms with Crippen LogP contribution in [-0.4, -0.2) is 33.0 Å². The van der Waals surface area contributed by atoms with Crippen molar-refractivity contribution in [3.05, 3.63) is 40.6 Å². The summed E-state index contributed by atoms with van der Waals surface area (Å²) in [6, 6.07) is 6.10. The van der Waals surface area contributed by atoms with Crippen molar-refractivity contribution < 1.29 is 18.5 Å². The quantitative estimate of drug-likeness (QED) is 0.677. The van der Waals surface area contributed by atoms with Gasteiger partial charge in [0.25, 0.3) is 5.91 Å². The monoisotopic (exact) mass is 408 g/mol. The number of thiazole rings is 1. The van der Waals surface area contributed by atoms with E-state index in [9.17, 15) is 14.0 Å². The number of aryl methyl sites for hydroxylation is 2. The Bertz CT molecular complexity index is 1050. The average molecular weight is 408 g/mol. The van der Waals surface area contributed by atoms with Gasteiger partial charge in [0.05, 0.1) is 21.7 Å². The van der Waals surface area contributed by atoms with Crippen molar-refractivity contribution in [2.24, 2.45) is 4.99 Å². The van der Waals surface area contributed by atoms with Crippen LogP contribution in [0.5, 0.6) is 0 Å². The Hall–Kier alpha value is -2.46. The minimum absolute atomic E-state index is 0.0670. The molecule has 2 aromatic heterocycles. The number of rotatable bonds is 6. The molecule has 1 aromatic carbocycles. The number of nitrogens with one attached hydrogen (secondary N) is 1. The molecule has 0 spiro atoms. The zero-order chi connectivity index (χ0) is 19.4. The highest BCUT2D eigenvalue weighted by Crippen LogP contribution is 2.18. The van der Waals surface area contributed by atoms with Gasteiger partial charge >= 0.3 is 0 Å². The molecule has 27 heavy (non-hydrogen) atoms. The summed E-state index contributed by atoms with van der Waals surface area (Å²) in [5.74, 6) is 0.154. The van der Waals surface area contributed by atoms with Crippen molar-refractivity contribution in [1.82, 2.24) is 9.72 Å². The van der Waals surface area contributed by atoms with E-state index in [1.165, 1.54) is 23.5 Å². The molecule has 142 valence electrons. The lowest BCUT2D eigenvalue weighted by Gasteiger charge is -2.01. The first-order valence-corrected chi connectivity index (χ1v) is 10.1. The maximum Gasteiger partial charge on any atom is 0.258 e. The third-order valence-electron chi connectivity index (χ3n) is 3.54. The minimum atomic E-state index is -0.348. The van der Waals surface area contributed by atoms with Crippen LogP contribution < -0.4 is 10.1 Å². The van der Waals surface area contributed by atoms with Crippen molar-refractivity contribution in [3.8, 4) is 0 Å². The highest BCUT2D eigenvalue weighted by molar-refractivity contribution is 8.00. The van der Waals surface area contributed by atoms with Gasteiger partial charge in [-0.25, -0.2) is 4.39 Å². The number of anilines is 1. The first-order chi connectivity index (χ1) is 13.0.